The largest absolute Gasteiger partial charge is 0.481 e. The Morgan fingerprint density at radius 1 is 1.30 bits per heavy atom. The van der Waals surface area contributed by atoms with Gasteiger partial charge >= 0.3 is 12.0 Å². The number of carbonyl (C=O) groups excluding carboxylic acids is 1. The number of carboxylic acid groups (broad SMARTS) is 1. The number of nitrogens with one attached hydrogen (secondary N) is 1. The highest BCUT2D eigenvalue weighted by Gasteiger charge is 2.16. The van der Waals surface area contributed by atoms with Gasteiger partial charge in [-0.25, -0.2) is 9.18 Å². The fourth-order valence-electron chi connectivity index (χ4n) is 1.79. The second-order valence-electron chi connectivity index (χ2n) is 4.28. The maximum Gasteiger partial charge on any atom is 0.321 e. The van der Waals surface area contributed by atoms with E-state index in [9.17, 15) is 14.0 Å². The van der Waals surface area contributed by atoms with Crippen LogP contribution in [0.1, 0.15) is 26.2 Å². The first-order valence-electron chi connectivity index (χ1n) is 6.58. The second-order valence-corrected chi connectivity index (χ2v) is 4.28. The number of rotatable bonds is 7. The van der Waals surface area contributed by atoms with Gasteiger partial charge in [-0.05, 0) is 31.9 Å². The van der Waals surface area contributed by atoms with Gasteiger partial charge in [-0.2, -0.15) is 0 Å². The van der Waals surface area contributed by atoms with E-state index in [0.717, 1.165) is 0 Å². The molecule has 110 valence electrons. The van der Waals surface area contributed by atoms with E-state index in [-0.39, 0.29) is 18.1 Å². The van der Waals surface area contributed by atoms with Crippen LogP contribution in [0, 0.1) is 5.82 Å². The molecule has 6 heteroatoms. The predicted octanol–water partition coefficient (Wildman–Crippen LogP) is 2.62. The Hall–Kier alpha value is -2.11. The van der Waals surface area contributed by atoms with Gasteiger partial charge in [0, 0.05) is 19.5 Å². The smallest absolute Gasteiger partial charge is 0.321 e. The number of amides is 2. The van der Waals surface area contributed by atoms with E-state index in [1.807, 2.05) is 0 Å². The van der Waals surface area contributed by atoms with Crippen LogP contribution in [0.5, 0.6) is 0 Å². The number of unbranched alkanes of at least 4 members (excludes halogenated alkanes) is 1. The zero-order valence-corrected chi connectivity index (χ0v) is 11.4. The lowest BCUT2D eigenvalue weighted by molar-refractivity contribution is -0.137. The van der Waals surface area contributed by atoms with Crippen molar-refractivity contribution in [3.8, 4) is 0 Å². The summed E-state index contributed by atoms with van der Waals surface area (Å²) in [4.78, 5) is 23.6. The van der Waals surface area contributed by atoms with Crippen LogP contribution in [0.3, 0.4) is 0 Å². The first-order chi connectivity index (χ1) is 9.56. The normalized spacial score (nSPS) is 10.1. The first-order valence-corrected chi connectivity index (χ1v) is 6.58. The molecule has 20 heavy (non-hydrogen) atoms. The van der Waals surface area contributed by atoms with Crippen LogP contribution >= 0.6 is 0 Å². The van der Waals surface area contributed by atoms with Gasteiger partial charge in [0.1, 0.15) is 5.82 Å². The number of anilines is 1. The highest BCUT2D eigenvalue weighted by molar-refractivity contribution is 5.91. The molecule has 0 spiro atoms. The standard InChI is InChI=1S/C14H19FN2O3/c1-2-17(12-8-4-3-7-11(12)15)14(20)16-10-6-5-9-13(18)19/h3-4,7-8H,2,5-6,9-10H2,1H3,(H,16,20)(H,18,19). The van der Waals surface area contributed by atoms with E-state index >= 15 is 0 Å². The number of hydrogen-bond donors (Lipinski definition) is 2. The van der Waals surface area contributed by atoms with Crippen LogP contribution in [0.25, 0.3) is 0 Å². The maximum atomic E-state index is 13.6. The molecule has 0 unspecified atom stereocenters. The van der Waals surface area contributed by atoms with Crippen LogP contribution in [-0.2, 0) is 4.79 Å². The zero-order chi connectivity index (χ0) is 15.0. The molecular formula is C14H19FN2O3. The van der Waals surface area contributed by atoms with Crippen molar-refractivity contribution in [2.75, 3.05) is 18.0 Å². The van der Waals surface area contributed by atoms with Crippen LogP contribution in [0.2, 0.25) is 0 Å². The van der Waals surface area contributed by atoms with Gasteiger partial charge in [0.25, 0.3) is 0 Å². The molecule has 0 fully saturated rings. The van der Waals surface area contributed by atoms with E-state index in [2.05, 4.69) is 5.32 Å². The zero-order valence-electron chi connectivity index (χ0n) is 11.4. The molecule has 1 aromatic carbocycles. The number of para-hydroxylation sites is 1. The Balaban J connectivity index is 2.48. The monoisotopic (exact) mass is 282 g/mol. The number of carbonyl (C=O) groups is 2. The predicted molar refractivity (Wildman–Crippen MR) is 74.3 cm³/mol. The van der Waals surface area contributed by atoms with Crippen LogP contribution < -0.4 is 10.2 Å². The third-order valence-corrected chi connectivity index (χ3v) is 2.80. The quantitative estimate of drug-likeness (QED) is 0.755. The third kappa shape index (κ3) is 4.87. The SMILES string of the molecule is CCN(C(=O)NCCCCC(=O)O)c1ccccc1F. The molecule has 0 saturated carbocycles. The van der Waals surface area contributed by atoms with Crippen LogP contribution in [0.15, 0.2) is 24.3 Å². The molecule has 5 nitrogen and oxygen atoms in total. The van der Waals surface area contributed by atoms with E-state index in [0.29, 0.717) is 25.9 Å². The molecule has 0 saturated heterocycles. The summed E-state index contributed by atoms with van der Waals surface area (Å²) >= 11 is 0. The average Bonchev–Trinajstić information content (AvgIpc) is 2.41. The molecule has 0 aliphatic heterocycles. The summed E-state index contributed by atoms with van der Waals surface area (Å²) in [7, 11) is 0. The summed E-state index contributed by atoms with van der Waals surface area (Å²) < 4.78 is 13.6. The summed E-state index contributed by atoms with van der Waals surface area (Å²) in [6.07, 6.45) is 1.16. The van der Waals surface area contributed by atoms with Crippen molar-refractivity contribution < 1.29 is 19.1 Å². The molecular weight excluding hydrogens is 263 g/mol. The molecule has 0 atom stereocenters. The molecule has 0 aliphatic carbocycles. The van der Waals surface area contributed by atoms with Gasteiger partial charge in [0.05, 0.1) is 5.69 Å². The number of benzene rings is 1. The van der Waals surface area contributed by atoms with E-state index in [4.69, 9.17) is 5.11 Å². The fourth-order valence-corrected chi connectivity index (χ4v) is 1.79. The topological polar surface area (TPSA) is 69.6 Å². The summed E-state index contributed by atoms with van der Waals surface area (Å²) in [6.45, 7) is 2.48. The van der Waals surface area contributed by atoms with E-state index in [1.54, 1.807) is 25.1 Å². The minimum atomic E-state index is -0.849. The van der Waals surface area contributed by atoms with Gasteiger partial charge < -0.3 is 10.4 Å². The Kier molecular flexibility index (Phi) is 6.49. The first kappa shape index (κ1) is 15.9. The van der Waals surface area contributed by atoms with Crippen molar-refractivity contribution in [1.82, 2.24) is 5.32 Å². The Bertz CT molecular complexity index is 465. The molecule has 0 radical (unpaired) electrons. The number of nitrogens with zero attached hydrogens (tertiary/aromatic N) is 1. The minimum Gasteiger partial charge on any atom is -0.481 e. The molecule has 0 aromatic heterocycles. The molecule has 1 rings (SSSR count). The van der Waals surface area contributed by atoms with Gasteiger partial charge in [0.2, 0.25) is 0 Å². The number of halogens is 1. The molecule has 2 N–H and O–H groups in total. The van der Waals surface area contributed by atoms with E-state index in [1.165, 1.54) is 11.0 Å². The van der Waals surface area contributed by atoms with Crippen molar-refractivity contribution in [2.45, 2.75) is 26.2 Å². The van der Waals surface area contributed by atoms with Crippen molar-refractivity contribution in [1.29, 1.82) is 0 Å². The third-order valence-electron chi connectivity index (χ3n) is 2.80. The van der Waals surface area contributed by atoms with Crippen molar-refractivity contribution in [3.63, 3.8) is 0 Å². The molecule has 0 bridgehead atoms. The van der Waals surface area contributed by atoms with E-state index < -0.39 is 11.8 Å². The lowest BCUT2D eigenvalue weighted by atomic mass is 10.2. The average molecular weight is 282 g/mol. The minimum absolute atomic E-state index is 0.0840. The summed E-state index contributed by atoms with van der Waals surface area (Å²) in [5, 5.41) is 11.2. The molecule has 2 amide bonds. The summed E-state index contributed by atoms with van der Waals surface area (Å²) in [5.41, 5.74) is 0.234. The van der Waals surface area contributed by atoms with Crippen molar-refractivity contribution in [3.05, 3.63) is 30.1 Å². The molecule has 0 aliphatic rings. The Morgan fingerprint density at radius 3 is 2.60 bits per heavy atom. The summed E-state index contributed by atoms with van der Waals surface area (Å²) in [5.74, 6) is -1.30. The number of aliphatic carboxylic acids is 1. The van der Waals surface area contributed by atoms with Gasteiger partial charge in [-0.15, -0.1) is 0 Å². The Morgan fingerprint density at radius 2 is 2.00 bits per heavy atom. The lowest BCUT2D eigenvalue weighted by Crippen LogP contribution is -2.40. The van der Waals surface area contributed by atoms with Gasteiger partial charge in [0.15, 0.2) is 0 Å². The van der Waals surface area contributed by atoms with Gasteiger partial charge in [-0.1, -0.05) is 12.1 Å². The van der Waals surface area contributed by atoms with Gasteiger partial charge in [-0.3, -0.25) is 9.69 Å². The number of urea groups is 1. The highest BCUT2D eigenvalue weighted by atomic mass is 19.1. The molecule has 1 aromatic rings. The number of carboxylic acids is 1. The Labute approximate surface area is 117 Å². The maximum absolute atomic E-state index is 13.6. The van der Waals surface area contributed by atoms with Crippen LogP contribution in [-0.4, -0.2) is 30.2 Å². The highest BCUT2D eigenvalue weighted by Crippen LogP contribution is 2.18. The molecule has 0 heterocycles. The fraction of sp³-hybridized carbons (Fsp3) is 0.429. The lowest BCUT2D eigenvalue weighted by Gasteiger charge is -2.21. The van der Waals surface area contributed by atoms with Crippen molar-refractivity contribution >= 4 is 17.7 Å². The van der Waals surface area contributed by atoms with Crippen molar-refractivity contribution in [2.24, 2.45) is 0 Å². The van der Waals surface area contributed by atoms with Crippen LogP contribution in [0.4, 0.5) is 14.9 Å². The summed E-state index contributed by atoms with van der Waals surface area (Å²) in [6, 6.07) is 5.70. The second kappa shape index (κ2) is 8.14. The number of hydrogen-bond acceptors (Lipinski definition) is 2.